The van der Waals surface area contributed by atoms with Gasteiger partial charge in [0.05, 0.1) is 5.25 Å². The van der Waals surface area contributed by atoms with Crippen LogP contribution in [0.25, 0.3) is 0 Å². The summed E-state index contributed by atoms with van der Waals surface area (Å²) < 4.78 is 32.0. The Labute approximate surface area is 97.8 Å². The van der Waals surface area contributed by atoms with E-state index in [9.17, 15) is 8.42 Å². The summed E-state index contributed by atoms with van der Waals surface area (Å²) in [6.45, 7) is 6.43. The molecule has 0 aliphatic carbocycles. The predicted molar refractivity (Wildman–Crippen MR) is 63.6 cm³/mol. The Balaban J connectivity index is 2.71. The van der Waals surface area contributed by atoms with Gasteiger partial charge in [-0.25, -0.2) is 13.1 Å². The Bertz CT molecular complexity index is 319. The molecule has 16 heavy (non-hydrogen) atoms. The first-order valence-corrected chi connectivity index (χ1v) is 7.16. The van der Waals surface area contributed by atoms with Crippen LogP contribution >= 0.6 is 0 Å². The number of nitrogens with one attached hydrogen (secondary N) is 1. The Morgan fingerprint density at radius 1 is 1.38 bits per heavy atom. The number of rotatable bonds is 4. The van der Waals surface area contributed by atoms with Crippen molar-refractivity contribution in [2.45, 2.75) is 50.4 Å². The van der Waals surface area contributed by atoms with E-state index < -0.39 is 15.6 Å². The molecular formula is C10H22N2O3S. The van der Waals surface area contributed by atoms with Gasteiger partial charge in [0, 0.05) is 24.8 Å². The monoisotopic (exact) mass is 250 g/mol. The molecule has 1 aliphatic rings. The highest BCUT2D eigenvalue weighted by Gasteiger charge is 2.34. The molecule has 0 saturated carbocycles. The van der Waals surface area contributed by atoms with Gasteiger partial charge >= 0.3 is 0 Å². The summed E-state index contributed by atoms with van der Waals surface area (Å²) >= 11 is 0. The van der Waals surface area contributed by atoms with Gasteiger partial charge in [-0.2, -0.15) is 0 Å². The van der Waals surface area contributed by atoms with E-state index in [0.717, 1.165) is 0 Å². The molecule has 5 nitrogen and oxygen atoms in total. The van der Waals surface area contributed by atoms with Crippen LogP contribution in [-0.4, -0.2) is 38.5 Å². The fourth-order valence-electron chi connectivity index (χ4n) is 1.53. The standard InChI is InChI=1S/C10H22N2O3S/c1-8(11)10(2,3)12-16(13,14)9-4-6-15-7-5-9/h8-9,12H,4-7,11H2,1-3H3. The first-order valence-electron chi connectivity index (χ1n) is 5.62. The van der Waals surface area contributed by atoms with Crippen LogP contribution < -0.4 is 10.5 Å². The van der Waals surface area contributed by atoms with Crippen LogP contribution in [0, 0.1) is 0 Å². The van der Waals surface area contributed by atoms with Crippen molar-refractivity contribution in [2.24, 2.45) is 5.73 Å². The van der Waals surface area contributed by atoms with E-state index in [1.54, 1.807) is 20.8 Å². The molecule has 1 aliphatic heterocycles. The Morgan fingerprint density at radius 3 is 2.31 bits per heavy atom. The molecule has 1 fully saturated rings. The smallest absolute Gasteiger partial charge is 0.215 e. The minimum Gasteiger partial charge on any atom is -0.381 e. The largest absolute Gasteiger partial charge is 0.381 e. The molecular weight excluding hydrogens is 228 g/mol. The third-order valence-corrected chi connectivity index (χ3v) is 5.31. The van der Waals surface area contributed by atoms with Crippen molar-refractivity contribution in [3.63, 3.8) is 0 Å². The second-order valence-electron chi connectivity index (χ2n) is 4.97. The average molecular weight is 250 g/mol. The van der Waals surface area contributed by atoms with Crippen LogP contribution in [0.2, 0.25) is 0 Å². The first-order chi connectivity index (χ1) is 7.26. The van der Waals surface area contributed by atoms with Crippen LogP contribution in [0.15, 0.2) is 0 Å². The van der Waals surface area contributed by atoms with Gasteiger partial charge in [0.1, 0.15) is 0 Å². The fourth-order valence-corrected chi connectivity index (χ4v) is 3.43. The number of hydrogen-bond acceptors (Lipinski definition) is 4. The van der Waals surface area contributed by atoms with Gasteiger partial charge in [-0.05, 0) is 33.6 Å². The Kier molecular flexibility index (Phi) is 4.34. The van der Waals surface area contributed by atoms with Crippen molar-refractivity contribution in [3.05, 3.63) is 0 Å². The summed E-state index contributed by atoms with van der Waals surface area (Å²) in [6.07, 6.45) is 1.12. The van der Waals surface area contributed by atoms with Gasteiger partial charge in [-0.1, -0.05) is 0 Å². The SMILES string of the molecule is CC(N)C(C)(C)NS(=O)(=O)C1CCOCC1. The zero-order valence-corrected chi connectivity index (χ0v) is 11.0. The average Bonchev–Trinajstić information content (AvgIpc) is 2.17. The zero-order chi connectivity index (χ0) is 12.4. The Hall–Kier alpha value is -0.170. The molecule has 1 saturated heterocycles. The summed E-state index contributed by atoms with van der Waals surface area (Å²) in [5, 5.41) is -0.348. The lowest BCUT2D eigenvalue weighted by Crippen LogP contribution is -2.56. The molecule has 0 amide bonds. The summed E-state index contributed by atoms with van der Waals surface area (Å²) in [5.41, 5.74) is 5.14. The van der Waals surface area contributed by atoms with Crippen molar-refractivity contribution in [1.82, 2.24) is 4.72 Å². The van der Waals surface area contributed by atoms with Gasteiger partial charge in [0.2, 0.25) is 10.0 Å². The normalized spacial score (nSPS) is 22.0. The maximum absolute atomic E-state index is 12.1. The molecule has 1 heterocycles. The van der Waals surface area contributed by atoms with E-state index >= 15 is 0 Å². The maximum Gasteiger partial charge on any atom is 0.215 e. The van der Waals surface area contributed by atoms with Crippen LogP contribution in [0.5, 0.6) is 0 Å². The third-order valence-electron chi connectivity index (χ3n) is 3.15. The second kappa shape index (κ2) is 5.00. The number of nitrogens with two attached hydrogens (primary N) is 1. The van der Waals surface area contributed by atoms with E-state index in [2.05, 4.69) is 4.72 Å². The Morgan fingerprint density at radius 2 is 1.88 bits per heavy atom. The predicted octanol–water partition coefficient (Wildman–Crippen LogP) is 0.211. The molecule has 1 unspecified atom stereocenters. The van der Waals surface area contributed by atoms with Gasteiger partial charge in [0.25, 0.3) is 0 Å². The maximum atomic E-state index is 12.1. The van der Waals surface area contributed by atoms with Gasteiger partial charge < -0.3 is 10.5 Å². The van der Waals surface area contributed by atoms with E-state index in [4.69, 9.17) is 10.5 Å². The highest BCUT2D eigenvalue weighted by molar-refractivity contribution is 7.90. The second-order valence-corrected chi connectivity index (χ2v) is 6.93. The molecule has 96 valence electrons. The molecule has 0 aromatic carbocycles. The van der Waals surface area contributed by atoms with E-state index in [0.29, 0.717) is 26.1 Å². The van der Waals surface area contributed by atoms with Crippen LogP contribution in [-0.2, 0) is 14.8 Å². The minimum atomic E-state index is -3.30. The summed E-state index contributed by atoms with van der Waals surface area (Å²) in [7, 11) is -3.30. The van der Waals surface area contributed by atoms with Crippen molar-refractivity contribution in [2.75, 3.05) is 13.2 Å². The van der Waals surface area contributed by atoms with Crippen molar-refractivity contribution >= 4 is 10.0 Å². The topological polar surface area (TPSA) is 81.4 Å². The molecule has 0 aromatic heterocycles. The van der Waals surface area contributed by atoms with Crippen molar-refractivity contribution < 1.29 is 13.2 Å². The quantitative estimate of drug-likeness (QED) is 0.747. The number of hydrogen-bond donors (Lipinski definition) is 2. The van der Waals surface area contributed by atoms with E-state index in [1.807, 2.05) is 0 Å². The molecule has 0 bridgehead atoms. The first kappa shape index (κ1) is 13.9. The van der Waals surface area contributed by atoms with E-state index in [-0.39, 0.29) is 11.3 Å². The van der Waals surface area contributed by atoms with Crippen LogP contribution in [0.4, 0.5) is 0 Å². The lowest BCUT2D eigenvalue weighted by molar-refractivity contribution is 0.0979. The van der Waals surface area contributed by atoms with Crippen molar-refractivity contribution in [1.29, 1.82) is 0 Å². The van der Waals surface area contributed by atoms with E-state index in [1.165, 1.54) is 0 Å². The molecule has 0 spiro atoms. The number of sulfonamides is 1. The van der Waals surface area contributed by atoms with Crippen LogP contribution in [0.3, 0.4) is 0 Å². The van der Waals surface area contributed by atoms with Gasteiger partial charge in [0.15, 0.2) is 0 Å². The highest BCUT2D eigenvalue weighted by atomic mass is 32.2. The molecule has 1 rings (SSSR count). The highest BCUT2D eigenvalue weighted by Crippen LogP contribution is 2.18. The van der Waals surface area contributed by atoms with Crippen LogP contribution in [0.1, 0.15) is 33.6 Å². The minimum absolute atomic E-state index is 0.234. The molecule has 0 aromatic rings. The summed E-state index contributed by atoms with van der Waals surface area (Å²) in [4.78, 5) is 0. The zero-order valence-electron chi connectivity index (χ0n) is 10.2. The lowest BCUT2D eigenvalue weighted by atomic mass is 9.99. The summed E-state index contributed by atoms with van der Waals surface area (Å²) in [5.74, 6) is 0. The van der Waals surface area contributed by atoms with Crippen molar-refractivity contribution in [3.8, 4) is 0 Å². The molecule has 0 radical (unpaired) electrons. The molecule has 1 atom stereocenters. The lowest BCUT2D eigenvalue weighted by Gasteiger charge is -2.33. The molecule has 6 heteroatoms. The van der Waals surface area contributed by atoms with Gasteiger partial charge in [-0.15, -0.1) is 0 Å². The fraction of sp³-hybridized carbons (Fsp3) is 1.00. The molecule has 3 N–H and O–H groups in total. The number of ether oxygens (including phenoxy) is 1. The summed E-state index contributed by atoms with van der Waals surface area (Å²) in [6, 6.07) is -0.234. The third kappa shape index (κ3) is 3.41. The van der Waals surface area contributed by atoms with Gasteiger partial charge in [-0.3, -0.25) is 0 Å².